The minimum atomic E-state index is 0.527. The van der Waals surface area contributed by atoms with Crippen LogP contribution in [0.3, 0.4) is 0 Å². The Labute approximate surface area is 368 Å². The lowest BCUT2D eigenvalue weighted by Crippen LogP contribution is -2.15. The molecule has 5 nitrogen and oxygen atoms in total. The van der Waals surface area contributed by atoms with E-state index in [1.54, 1.807) is 11.3 Å². The van der Waals surface area contributed by atoms with Crippen molar-refractivity contribution in [1.29, 1.82) is 0 Å². The summed E-state index contributed by atoms with van der Waals surface area (Å²) in [5, 5.41) is 4.57. The van der Waals surface area contributed by atoms with Crippen molar-refractivity contribution in [2.75, 3.05) is 4.90 Å². The van der Waals surface area contributed by atoms with Crippen LogP contribution >= 0.6 is 11.3 Å². The molecular weight excluding hydrogens is 787 g/mol. The molecule has 0 spiro atoms. The highest BCUT2D eigenvalue weighted by Gasteiger charge is 2.25. The molecule has 0 unspecified atom stereocenters. The standard InChI is InChI=1S/C57H37N5S/c1-4-17-38(18-5-1)40-33-35-41(36-34-40)55-58-56(47-27-15-29-49-53(47)45-25-10-12-28-48(45)61(49)43-22-8-3-9-23-43)60-57(59-55)62(44-24-14-21-42(37-44)39-19-6-2-7-20-39)50-30-16-32-52-54(50)46-26-11-13-31-51(46)63-52/h1-37H. The van der Waals surface area contributed by atoms with Gasteiger partial charge in [-0.2, -0.15) is 9.97 Å². The molecular formula is C57H37N5S. The molecule has 0 saturated heterocycles. The van der Waals surface area contributed by atoms with E-state index in [1.165, 1.54) is 14.8 Å². The van der Waals surface area contributed by atoms with Gasteiger partial charge in [0.1, 0.15) is 0 Å². The summed E-state index contributed by atoms with van der Waals surface area (Å²) >= 11 is 1.80. The molecule has 12 rings (SSSR count). The SMILES string of the molecule is c1ccc(-c2ccc(-c3nc(-c4cccc5c4c4ccccc4n5-c4ccccc4)nc(N(c4cccc(-c5ccccc5)c4)c4cccc5sc6ccccc6c45)n3)cc2)cc1. The smallest absolute Gasteiger partial charge is 0.238 e. The molecule has 0 N–H and O–H groups in total. The molecule has 63 heavy (non-hydrogen) atoms. The van der Waals surface area contributed by atoms with Gasteiger partial charge < -0.3 is 4.57 Å². The molecule has 3 aromatic heterocycles. The van der Waals surface area contributed by atoms with Gasteiger partial charge in [-0.25, -0.2) is 4.98 Å². The Bertz CT molecular complexity index is 3620. The first-order valence-corrected chi connectivity index (χ1v) is 21.9. The van der Waals surface area contributed by atoms with E-state index in [0.29, 0.717) is 17.6 Å². The third kappa shape index (κ3) is 6.44. The van der Waals surface area contributed by atoms with E-state index < -0.39 is 0 Å². The number of hydrogen-bond donors (Lipinski definition) is 0. The number of nitrogens with zero attached hydrogens (tertiary/aromatic N) is 5. The molecule has 0 atom stereocenters. The summed E-state index contributed by atoms with van der Waals surface area (Å²) in [6, 6.07) is 79.1. The summed E-state index contributed by atoms with van der Waals surface area (Å²) in [4.78, 5) is 18.6. The lowest BCUT2D eigenvalue weighted by molar-refractivity contribution is 1.03. The first-order chi connectivity index (χ1) is 31.2. The van der Waals surface area contributed by atoms with Crippen LogP contribution in [0.4, 0.5) is 17.3 Å². The van der Waals surface area contributed by atoms with Gasteiger partial charge in [0.05, 0.1) is 16.7 Å². The highest BCUT2D eigenvalue weighted by molar-refractivity contribution is 7.26. The van der Waals surface area contributed by atoms with Crippen molar-refractivity contribution in [3.05, 3.63) is 224 Å². The van der Waals surface area contributed by atoms with Crippen LogP contribution in [0, 0.1) is 0 Å². The van der Waals surface area contributed by atoms with Crippen LogP contribution in [0.25, 0.3) is 92.7 Å². The minimum absolute atomic E-state index is 0.527. The fourth-order valence-electron chi connectivity index (χ4n) is 8.98. The van der Waals surface area contributed by atoms with E-state index in [-0.39, 0.29) is 0 Å². The average Bonchev–Trinajstić information content (AvgIpc) is 3.92. The number of aromatic nitrogens is 4. The van der Waals surface area contributed by atoms with Gasteiger partial charge in [0, 0.05) is 53.4 Å². The van der Waals surface area contributed by atoms with Gasteiger partial charge in [-0.05, 0) is 76.9 Å². The van der Waals surface area contributed by atoms with Gasteiger partial charge in [0.25, 0.3) is 0 Å². The van der Waals surface area contributed by atoms with E-state index in [0.717, 1.165) is 77.6 Å². The third-order valence-corrected chi connectivity index (χ3v) is 13.0. The second kappa shape index (κ2) is 15.4. The van der Waals surface area contributed by atoms with Crippen molar-refractivity contribution in [1.82, 2.24) is 19.5 Å². The maximum atomic E-state index is 5.56. The lowest BCUT2D eigenvalue weighted by atomic mass is 10.0. The number of anilines is 3. The van der Waals surface area contributed by atoms with Crippen LogP contribution in [0.15, 0.2) is 224 Å². The monoisotopic (exact) mass is 823 g/mol. The first-order valence-electron chi connectivity index (χ1n) is 21.1. The fraction of sp³-hybridized carbons (Fsp3) is 0. The van der Waals surface area contributed by atoms with Gasteiger partial charge in [-0.15, -0.1) is 11.3 Å². The number of benzene rings is 9. The van der Waals surface area contributed by atoms with Crippen molar-refractivity contribution in [3.63, 3.8) is 0 Å². The normalized spacial score (nSPS) is 11.5. The van der Waals surface area contributed by atoms with E-state index in [9.17, 15) is 0 Å². The molecule has 6 heteroatoms. The van der Waals surface area contributed by atoms with Crippen LogP contribution in [-0.4, -0.2) is 19.5 Å². The summed E-state index contributed by atoms with van der Waals surface area (Å²) in [7, 11) is 0. The minimum Gasteiger partial charge on any atom is -0.309 e. The van der Waals surface area contributed by atoms with Crippen molar-refractivity contribution in [2.45, 2.75) is 0 Å². The van der Waals surface area contributed by atoms with Gasteiger partial charge in [-0.3, -0.25) is 4.90 Å². The van der Waals surface area contributed by atoms with Crippen LogP contribution in [0.2, 0.25) is 0 Å². The highest BCUT2D eigenvalue weighted by Crippen LogP contribution is 2.46. The van der Waals surface area contributed by atoms with Gasteiger partial charge >= 0.3 is 0 Å². The fourth-order valence-corrected chi connectivity index (χ4v) is 10.1. The Kier molecular flexibility index (Phi) is 8.94. The van der Waals surface area contributed by atoms with Gasteiger partial charge in [0.2, 0.25) is 5.95 Å². The molecule has 0 radical (unpaired) electrons. The number of hydrogen-bond acceptors (Lipinski definition) is 5. The molecule has 0 amide bonds. The predicted molar refractivity (Wildman–Crippen MR) is 263 cm³/mol. The average molecular weight is 824 g/mol. The van der Waals surface area contributed by atoms with E-state index >= 15 is 0 Å². The summed E-state index contributed by atoms with van der Waals surface area (Å²) in [5.74, 6) is 1.71. The molecule has 296 valence electrons. The predicted octanol–water partition coefficient (Wildman–Crippen LogP) is 15.5. The summed E-state index contributed by atoms with van der Waals surface area (Å²) < 4.78 is 4.76. The molecule has 0 aliphatic rings. The van der Waals surface area contributed by atoms with Gasteiger partial charge in [0.15, 0.2) is 11.6 Å². The van der Waals surface area contributed by atoms with E-state index in [2.05, 4.69) is 228 Å². The van der Waals surface area contributed by atoms with Gasteiger partial charge in [-0.1, -0.05) is 170 Å². The molecule has 12 aromatic rings. The van der Waals surface area contributed by atoms with Crippen LogP contribution < -0.4 is 4.90 Å². The van der Waals surface area contributed by atoms with Crippen LogP contribution in [0.1, 0.15) is 0 Å². The van der Waals surface area contributed by atoms with Crippen molar-refractivity contribution in [2.24, 2.45) is 0 Å². The maximum Gasteiger partial charge on any atom is 0.238 e. The third-order valence-electron chi connectivity index (χ3n) is 11.9. The van der Waals surface area contributed by atoms with Crippen LogP contribution in [0.5, 0.6) is 0 Å². The molecule has 0 fully saturated rings. The Morgan fingerprint density at radius 1 is 0.381 bits per heavy atom. The topological polar surface area (TPSA) is 46.8 Å². The second-order valence-corrected chi connectivity index (χ2v) is 16.7. The summed E-state index contributed by atoms with van der Waals surface area (Å²) in [5.41, 5.74) is 11.6. The van der Waals surface area contributed by atoms with E-state index in [4.69, 9.17) is 15.0 Å². The highest BCUT2D eigenvalue weighted by atomic mass is 32.1. The zero-order valence-corrected chi connectivity index (χ0v) is 34.8. The largest absolute Gasteiger partial charge is 0.309 e. The number of rotatable bonds is 8. The number of thiophene rings is 1. The molecule has 0 saturated carbocycles. The molecule has 0 bridgehead atoms. The zero-order chi connectivity index (χ0) is 41.7. The molecule has 3 heterocycles. The lowest BCUT2D eigenvalue weighted by Gasteiger charge is -2.25. The summed E-state index contributed by atoms with van der Waals surface area (Å²) in [6.45, 7) is 0. The van der Waals surface area contributed by atoms with Crippen LogP contribution in [-0.2, 0) is 0 Å². The van der Waals surface area contributed by atoms with E-state index in [1.807, 2.05) is 6.07 Å². The second-order valence-electron chi connectivity index (χ2n) is 15.6. The molecule has 0 aliphatic heterocycles. The first kappa shape index (κ1) is 36.6. The Balaban J connectivity index is 1.15. The Hall–Kier alpha value is -8.19. The quantitative estimate of drug-likeness (QED) is 0.153. The van der Waals surface area contributed by atoms with Crippen molar-refractivity contribution < 1.29 is 0 Å². The Morgan fingerprint density at radius 3 is 1.75 bits per heavy atom. The van der Waals surface area contributed by atoms with Crippen molar-refractivity contribution >= 4 is 70.6 Å². The number of para-hydroxylation sites is 2. The zero-order valence-electron chi connectivity index (χ0n) is 34.0. The van der Waals surface area contributed by atoms with Crippen molar-refractivity contribution in [3.8, 4) is 50.7 Å². The Morgan fingerprint density at radius 2 is 0.952 bits per heavy atom. The molecule has 0 aliphatic carbocycles. The number of fused-ring (bicyclic) bond motifs is 6. The summed E-state index contributed by atoms with van der Waals surface area (Å²) in [6.07, 6.45) is 0. The molecule has 9 aromatic carbocycles. The maximum absolute atomic E-state index is 5.56.